The first-order valence-electron chi connectivity index (χ1n) is 5.17. The zero-order chi connectivity index (χ0) is 14.4. The van der Waals surface area contributed by atoms with Crippen molar-refractivity contribution in [3.63, 3.8) is 0 Å². The summed E-state index contributed by atoms with van der Waals surface area (Å²) < 4.78 is 37.8. The van der Waals surface area contributed by atoms with Crippen molar-refractivity contribution in [2.75, 3.05) is 0 Å². The first-order chi connectivity index (χ1) is 8.70. The molecule has 0 bridgehead atoms. The van der Waals surface area contributed by atoms with Gasteiger partial charge in [0.2, 0.25) is 0 Å². The van der Waals surface area contributed by atoms with Gasteiger partial charge in [-0.2, -0.15) is 23.4 Å². The minimum absolute atomic E-state index is 0.132. The van der Waals surface area contributed by atoms with Crippen molar-refractivity contribution in [3.05, 3.63) is 39.1 Å². The lowest BCUT2D eigenvalue weighted by Crippen LogP contribution is -2.08. The van der Waals surface area contributed by atoms with Crippen LogP contribution in [0.4, 0.5) is 13.2 Å². The average molecular weight is 310 g/mol. The number of hydrogen-bond donors (Lipinski definition) is 0. The fraction of sp³-hybridized carbons (Fsp3) is 0.273. The minimum Gasteiger partial charge on any atom is -0.166 e. The zero-order valence-corrected chi connectivity index (χ0v) is 11.4. The van der Waals surface area contributed by atoms with Gasteiger partial charge in [-0.05, 0) is 26.0 Å². The minimum atomic E-state index is -4.50. The maximum Gasteiger partial charge on any atom is 0.416 e. The molecule has 2 rings (SSSR count). The van der Waals surface area contributed by atoms with Crippen molar-refractivity contribution < 1.29 is 13.2 Å². The van der Waals surface area contributed by atoms with Crippen LogP contribution < -0.4 is 0 Å². The highest BCUT2D eigenvalue weighted by Gasteiger charge is 2.32. The quantitative estimate of drug-likeness (QED) is 0.790. The standard InChI is InChI=1S/C11H8Cl2F3N3/c1-5-6(2)18-19(17-5)10-8(12)3-7(4-9(10)13)11(14,15)16/h3-4H,1-2H3. The Balaban J connectivity index is 2.60. The largest absolute Gasteiger partial charge is 0.416 e. The maximum atomic E-state index is 12.6. The van der Waals surface area contributed by atoms with Gasteiger partial charge in [0, 0.05) is 0 Å². The third-order valence-corrected chi connectivity index (χ3v) is 3.13. The molecule has 0 fully saturated rings. The number of aryl methyl sites for hydroxylation is 2. The molecule has 0 atom stereocenters. The van der Waals surface area contributed by atoms with Gasteiger partial charge in [0.1, 0.15) is 5.69 Å². The monoisotopic (exact) mass is 309 g/mol. The number of halogens is 5. The van der Waals surface area contributed by atoms with Crippen LogP contribution in [0.5, 0.6) is 0 Å². The Hall–Kier alpha value is -1.27. The molecule has 0 spiro atoms. The van der Waals surface area contributed by atoms with Crippen LogP contribution in [-0.4, -0.2) is 15.0 Å². The molecule has 2 aromatic rings. The Morgan fingerprint density at radius 1 is 1.00 bits per heavy atom. The molecule has 0 saturated carbocycles. The van der Waals surface area contributed by atoms with Crippen LogP contribution in [0, 0.1) is 13.8 Å². The van der Waals surface area contributed by atoms with Crippen molar-refractivity contribution in [2.45, 2.75) is 20.0 Å². The lowest BCUT2D eigenvalue weighted by atomic mass is 10.2. The summed E-state index contributed by atoms with van der Waals surface area (Å²) in [6.07, 6.45) is -4.50. The first-order valence-corrected chi connectivity index (χ1v) is 5.93. The van der Waals surface area contributed by atoms with Crippen molar-refractivity contribution in [2.24, 2.45) is 0 Å². The van der Waals surface area contributed by atoms with Gasteiger partial charge in [0.25, 0.3) is 0 Å². The second-order valence-electron chi connectivity index (χ2n) is 3.95. The van der Waals surface area contributed by atoms with Crippen molar-refractivity contribution in [1.29, 1.82) is 0 Å². The highest BCUT2D eigenvalue weighted by molar-refractivity contribution is 6.37. The summed E-state index contributed by atoms with van der Waals surface area (Å²) in [5, 5.41) is 7.78. The topological polar surface area (TPSA) is 30.7 Å². The summed E-state index contributed by atoms with van der Waals surface area (Å²) in [6, 6.07) is 1.60. The Bertz CT molecular complexity index is 592. The summed E-state index contributed by atoms with van der Waals surface area (Å²) in [7, 11) is 0. The highest BCUT2D eigenvalue weighted by atomic mass is 35.5. The molecule has 0 aliphatic carbocycles. The number of alkyl halides is 3. The van der Waals surface area contributed by atoms with E-state index in [0.717, 1.165) is 16.9 Å². The Morgan fingerprint density at radius 2 is 1.42 bits per heavy atom. The molecular formula is C11H8Cl2F3N3. The third-order valence-electron chi connectivity index (χ3n) is 2.56. The van der Waals surface area contributed by atoms with E-state index in [1.54, 1.807) is 13.8 Å². The molecule has 0 radical (unpaired) electrons. The number of aromatic nitrogens is 3. The predicted molar refractivity (Wildman–Crippen MR) is 65.9 cm³/mol. The van der Waals surface area contributed by atoms with Crippen LogP contribution in [0.3, 0.4) is 0 Å². The zero-order valence-electron chi connectivity index (χ0n) is 9.89. The molecule has 1 heterocycles. The summed E-state index contributed by atoms with van der Waals surface area (Å²) in [5.74, 6) is 0. The molecule has 0 aliphatic rings. The van der Waals surface area contributed by atoms with E-state index in [-0.39, 0.29) is 15.7 Å². The molecule has 0 saturated heterocycles. The summed E-state index contributed by atoms with van der Waals surface area (Å²) in [4.78, 5) is 1.13. The van der Waals surface area contributed by atoms with Gasteiger partial charge >= 0.3 is 6.18 Å². The predicted octanol–water partition coefficient (Wildman–Crippen LogP) is 4.21. The van der Waals surface area contributed by atoms with Crippen molar-refractivity contribution in [1.82, 2.24) is 15.0 Å². The number of hydrogen-bond acceptors (Lipinski definition) is 2. The molecule has 102 valence electrons. The van der Waals surface area contributed by atoms with E-state index in [0.29, 0.717) is 11.4 Å². The normalized spacial score (nSPS) is 11.9. The number of rotatable bonds is 1. The van der Waals surface area contributed by atoms with Crippen LogP contribution >= 0.6 is 23.2 Å². The summed E-state index contributed by atoms with van der Waals surface area (Å²) >= 11 is 11.7. The van der Waals surface area contributed by atoms with Gasteiger partial charge in [0.15, 0.2) is 0 Å². The van der Waals surface area contributed by atoms with E-state index in [1.807, 2.05) is 0 Å². The second-order valence-corrected chi connectivity index (χ2v) is 4.76. The molecule has 0 amide bonds. The van der Waals surface area contributed by atoms with Crippen LogP contribution in [0.1, 0.15) is 17.0 Å². The van der Waals surface area contributed by atoms with E-state index >= 15 is 0 Å². The maximum absolute atomic E-state index is 12.6. The Kier molecular flexibility index (Phi) is 3.49. The Morgan fingerprint density at radius 3 is 1.79 bits per heavy atom. The molecule has 8 heteroatoms. The van der Waals surface area contributed by atoms with Gasteiger partial charge in [-0.1, -0.05) is 23.2 Å². The van der Waals surface area contributed by atoms with Gasteiger partial charge in [-0.15, -0.1) is 4.80 Å². The van der Waals surface area contributed by atoms with Crippen LogP contribution in [0.2, 0.25) is 10.0 Å². The van der Waals surface area contributed by atoms with Gasteiger partial charge < -0.3 is 0 Å². The average Bonchev–Trinajstić information content (AvgIpc) is 2.56. The van der Waals surface area contributed by atoms with E-state index < -0.39 is 11.7 Å². The molecule has 1 aromatic heterocycles. The molecule has 0 aliphatic heterocycles. The fourth-order valence-corrected chi connectivity index (χ4v) is 2.11. The smallest absolute Gasteiger partial charge is 0.166 e. The third kappa shape index (κ3) is 2.69. The van der Waals surface area contributed by atoms with Crippen LogP contribution in [0.15, 0.2) is 12.1 Å². The second kappa shape index (κ2) is 4.68. The highest BCUT2D eigenvalue weighted by Crippen LogP contribution is 2.37. The van der Waals surface area contributed by atoms with E-state index in [1.165, 1.54) is 0 Å². The van der Waals surface area contributed by atoms with Gasteiger partial charge in [0.05, 0.1) is 27.0 Å². The van der Waals surface area contributed by atoms with Crippen LogP contribution in [0.25, 0.3) is 5.69 Å². The van der Waals surface area contributed by atoms with E-state index in [9.17, 15) is 13.2 Å². The lowest BCUT2D eigenvalue weighted by Gasteiger charge is -2.11. The number of benzene rings is 1. The fourth-order valence-electron chi connectivity index (χ4n) is 1.47. The van der Waals surface area contributed by atoms with E-state index in [2.05, 4.69) is 10.2 Å². The molecule has 19 heavy (non-hydrogen) atoms. The summed E-state index contributed by atoms with van der Waals surface area (Å²) in [5.41, 5.74) is 0.512. The first kappa shape index (κ1) is 14.1. The summed E-state index contributed by atoms with van der Waals surface area (Å²) in [6.45, 7) is 3.45. The molecule has 0 unspecified atom stereocenters. The van der Waals surface area contributed by atoms with E-state index in [4.69, 9.17) is 23.2 Å². The van der Waals surface area contributed by atoms with Gasteiger partial charge in [-0.3, -0.25) is 0 Å². The van der Waals surface area contributed by atoms with Crippen LogP contribution in [-0.2, 0) is 6.18 Å². The van der Waals surface area contributed by atoms with Crippen molar-refractivity contribution in [3.8, 4) is 5.69 Å². The SMILES string of the molecule is Cc1nn(-c2c(Cl)cc(C(F)(F)F)cc2Cl)nc1C. The molecular weight excluding hydrogens is 302 g/mol. The van der Waals surface area contributed by atoms with Gasteiger partial charge in [-0.25, -0.2) is 0 Å². The number of nitrogens with zero attached hydrogens (tertiary/aromatic N) is 3. The molecule has 0 N–H and O–H groups in total. The van der Waals surface area contributed by atoms with Crippen molar-refractivity contribution >= 4 is 23.2 Å². The lowest BCUT2D eigenvalue weighted by molar-refractivity contribution is -0.137. The Labute approximate surface area is 116 Å². The molecule has 3 nitrogen and oxygen atoms in total. The molecule has 1 aromatic carbocycles.